The third-order valence-corrected chi connectivity index (χ3v) is 5.57. The molecule has 3 heterocycles. The minimum Gasteiger partial charge on any atom is -0.497 e. The molecule has 4 rings (SSSR count). The van der Waals surface area contributed by atoms with Crippen molar-refractivity contribution in [3.63, 3.8) is 0 Å². The third kappa shape index (κ3) is 4.54. The molecule has 0 radical (unpaired) electrons. The van der Waals surface area contributed by atoms with Crippen LogP contribution in [-0.2, 0) is 0 Å². The number of ether oxygens (including phenoxy) is 1. The number of carbonyl (C=O) groups is 1. The molecule has 1 saturated heterocycles. The molecular formula is C24H27N3O3. The minimum absolute atomic E-state index is 0.106. The fourth-order valence-corrected chi connectivity index (χ4v) is 3.89. The molecule has 1 atom stereocenters. The normalized spacial score (nSPS) is 15.1. The van der Waals surface area contributed by atoms with Crippen LogP contribution in [0.25, 0.3) is 11.5 Å². The number of benzene rings is 1. The summed E-state index contributed by atoms with van der Waals surface area (Å²) in [5.74, 6) is 1.37. The largest absolute Gasteiger partial charge is 0.497 e. The highest BCUT2D eigenvalue weighted by molar-refractivity contribution is 5.95. The molecule has 156 valence electrons. The highest BCUT2D eigenvalue weighted by atomic mass is 16.5. The second-order valence-corrected chi connectivity index (χ2v) is 7.61. The van der Waals surface area contributed by atoms with E-state index in [1.54, 1.807) is 13.4 Å². The fraction of sp³-hybridized carbons (Fsp3) is 0.333. The summed E-state index contributed by atoms with van der Waals surface area (Å²) in [7, 11) is 1.65. The predicted molar refractivity (Wildman–Crippen MR) is 116 cm³/mol. The molecule has 0 unspecified atom stereocenters. The van der Waals surface area contributed by atoms with Crippen LogP contribution in [0.15, 0.2) is 59.2 Å². The molecule has 1 aliphatic rings. The van der Waals surface area contributed by atoms with E-state index in [1.807, 2.05) is 55.5 Å². The number of nitrogens with zero attached hydrogens (tertiary/aromatic N) is 2. The van der Waals surface area contributed by atoms with E-state index >= 15 is 0 Å². The molecule has 0 spiro atoms. The van der Waals surface area contributed by atoms with Gasteiger partial charge in [-0.25, -0.2) is 4.98 Å². The number of nitrogens with one attached hydrogen (secondary N) is 1. The maximum atomic E-state index is 13.1. The van der Waals surface area contributed by atoms with Crippen molar-refractivity contribution in [3.8, 4) is 17.2 Å². The van der Waals surface area contributed by atoms with Crippen molar-refractivity contribution < 1.29 is 13.9 Å². The van der Waals surface area contributed by atoms with Crippen molar-refractivity contribution in [2.24, 2.45) is 0 Å². The molecular weight excluding hydrogens is 378 g/mol. The number of rotatable bonds is 7. The van der Waals surface area contributed by atoms with Crippen molar-refractivity contribution in [2.75, 3.05) is 26.7 Å². The highest BCUT2D eigenvalue weighted by Crippen LogP contribution is 2.23. The van der Waals surface area contributed by atoms with Crippen LogP contribution in [-0.4, -0.2) is 42.5 Å². The van der Waals surface area contributed by atoms with Crippen LogP contribution in [0.2, 0.25) is 0 Å². The first-order valence-corrected chi connectivity index (χ1v) is 10.3. The standard InChI is InChI=1S/C24H27N3O3/c1-17-20(11-12-21(25-17)23-6-5-15-30-23)24(28)26-22(16-27-13-3-4-14-27)18-7-9-19(29-2)10-8-18/h5-12,15,22H,3-4,13-14,16H2,1-2H3,(H,26,28)/t22-/m1/s1. The summed E-state index contributed by atoms with van der Waals surface area (Å²) < 4.78 is 10.7. The summed E-state index contributed by atoms with van der Waals surface area (Å²) in [5, 5.41) is 3.22. The average Bonchev–Trinajstić information content (AvgIpc) is 3.47. The van der Waals surface area contributed by atoms with Crippen molar-refractivity contribution in [1.29, 1.82) is 0 Å². The molecule has 6 heteroatoms. The van der Waals surface area contributed by atoms with Gasteiger partial charge in [-0.1, -0.05) is 12.1 Å². The zero-order valence-corrected chi connectivity index (χ0v) is 17.4. The van der Waals surface area contributed by atoms with Crippen LogP contribution >= 0.6 is 0 Å². The summed E-state index contributed by atoms with van der Waals surface area (Å²) in [6, 6.07) is 15.1. The maximum absolute atomic E-state index is 13.1. The van der Waals surface area contributed by atoms with Gasteiger partial charge >= 0.3 is 0 Å². The Bertz CT molecular complexity index is 977. The highest BCUT2D eigenvalue weighted by Gasteiger charge is 2.22. The molecule has 1 aliphatic heterocycles. The maximum Gasteiger partial charge on any atom is 0.253 e. The van der Waals surface area contributed by atoms with Gasteiger partial charge in [-0.15, -0.1) is 0 Å². The first-order valence-electron chi connectivity index (χ1n) is 10.3. The molecule has 2 aromatic heterocycles. The SMILES string of the molecule is COc1ccc([C@@H](CN2CCCC2)NC(=O)c2ccc(-c3ccco3)nc2C)cc1. The molecule has 1 amide bonds. The summed E-state index contributed by atoms with van der Waals surface area (Å²) >= 11 is 0. The van der Waals surface area contributed by atoms with Crippen LogP contribution in [0, 0.1) is 6.92 Å². The summed E-state index contributed by atoms with van der Waals surface area (Å²) in [6.07, 6.45) is 4.03. The quantitative estimate of drug-likeness (QED) is 0.637. The third-order valence-electron chi connectivity index (χ3n) is 5.57. The molecule has 6 nitrogen and oxygen atoms in total. The Morgan fingerprint density at radius 3 is 2.57 bits per heavy atom. The van der Waals surface area contributed by atoms with Crippen molar-refractivity contribution in [1.82, 2.24) is 15.2 Å². The molecule has 1 aromatic carbocycles. The Morgan fingerprint density at radius 2 is 1.93 bits per heavy atom. The van der Waals surface area contributed by atoms with E-state index < -0.39 is 0 Å². The second kappa shape index (κ2) is 9.13. The Hall–Kier alpha value is -3.12. The van der Waals surface area contributed by atoms with E-state index in [2.05, 4.69) is 15.2 Å². The number of pyridine rings is 1. The van der Waals surface area contributed by atoms with Crippen molar-refractivity contribution in [2.45, 2.75) is 25.8 Å². The van der Waals surface area contributed by atoms with Crippen LogP contribution in [0.4, 0.5) is 0 Å². The van der Waals surface area contributed by atoms with Gasteiger partial charge in [0.2, 0.25) is 0 Å². The summed E-state index contributed by atoms with van der Waals surface area (Å²) in [5.41, 5.74) is 3.04. The second-order valence-electron chi connectivity index (χ2n) is 7.61. The van der Waals surface area contributed by atoms with Gasteiger partial charge in [-0.3, -0.25) is 4.79 Å². The lowest BCUT2D eigenvalue weighted by molar-refractivity contribution is 0.0926. The van der Waals surface area contributed by atoms with Gasteiger partial charge < -0.3 is 19.4 Å². The van der Waals surface area contributed by atoms with Crippen molar-refractivity contribution >= 4 is 5.91 Å². The smallest absolute Gasteiger partial charge is 0.253 e. The monoisotopic (exact) mass is 405 g/mol. The number of aryl methyl sites for hydroxylation is 1. The number of hydrogen-bond donors (Lipinski definition) is 1. The van der Waals surface area contributed by atoms with Gasteiger partial charge in [0.1, 0.15) is 11.4 Å². The Morgan fingerprint density at radius 1 is 1.17 bits per heavy atom. The van der Waals surface area contributed by atoms with E-state index in [0.717, 1.165) is 36.6 Å². The average molecular weight is 405 g/mol. The molecule has 1 N–H and O–H groups in total. The van der Waals surface area contributed by atoms with Crippen LogP contribution in [0.5, 0.6) is 5.75 Å². The van der Waals surface area contributed by atoms with Gasteiger partial charge in [0, 0.05) is 6.54 Å². The number of aromatic nitrogens is 1. The van der Waals surface area contributed by atoms with E-state index in [4.69, 9.17) is 9.15 Å². The predicted octanol–water partition coefficient (Wildman–Crippen LogP) is 4.23. The lowest BCUT2D eigenvalue weighted by Gasteiger charge is -2.25. The number of likely N-dealkylation sites (tertiary alicyclic amines) is 1. The lowest BCUT2D eigenvalue weighted by atomic mass is 10.0. The van der Waals surface area contributed by atoms with Gasteiger partial charge in [0.05, 0.1) is 30.7 Å². The Kier molecular flexibility index (Phi) is 6.14. The topological polar surface area (TPSA) is 67.6 Å². The van der Waals surface area contributed by atoms with E-state index in [0.29, 0.717) is 17.0 Å². The summed E-state index contributed by atoms with van der Waals surface area (Å²) in [6.45, 7) is 4.78. The minimum atomic E-state index is -0.119. The lowest BCUT2D eigenvalue weighted by Crippen LogP contribution is -2.37. The molecule has 0 aliphatic carbocycles. The van der Waals surface area contributed by atoms with Crippen molar-refractivity contribution in [3.05, 3.63) is 71.6 Å². The number of furan rings is 1. The molecule has 0 bridgehead atoms. The zero-order valence-electron chi connectivity index (χ0n) is 17.4. The zero-order chi connectivity index (χ0) is 20.9. The van der Waals surface area contributed by atoms with Crippen LogP contribution in [0.3, 0.4) is 0 Å². The molecule has 1 fully saturated rings. The Labute approximate surface area is 176 Å². The first kappa shape index (κ1) is 20.2. The molecule has 30 heavy (non-hydrogen) atoms. The number of carbonyl (C=O) groups excluding carboxylic acids is 1. The molecule has 0 saturated carbocycles. The number of hydrogen-bond acceptors (Lipinski definition) is 5. The van der Waals surface area contributed by atoms with E-state index in [1.165, 1.54) is 12.8 Å². The van der Waals surface area contributed by atoms with Gasteiger partial charge in [0.15, 0.2) is 5.76 Å². The van der Waals surface area contributed by atoms with Gasteiger partial charge in [-0.05, 0) is 74.8 Å². The number of amides is 1. The van der Waals surface area contributed by atoms with E-state index in [9.17, 15) is 4.79 Å². The number of methoxy groups -OCH3 is 1. The van der Waals surface area contributed by atoms with Gasteiger partial charge in [-0.2, -0.15) is 0 Å². The Balaban J connectivity index is 1.54. The fourth-order valence-electron chi connectivity index (χ4n) is 3.89. The van der Waals surface area contributed by atoms with E-state index in [-0.39, 0.29) is 11.9 Å². The van der Waals surface area contributed by atoms with Gasteiger partial charge in [0.25, 0.3) is 5.91 Å². The van der Waals surface area contributed by atoms with Crippen LogP contribution < -0.4 is 10.1 Å². The first-order chi connectivity index (χ1) is 14.6. The molecule has 3 aromatic rings. The van der Waals surface area contributed by atoms with Crippen LogP contribution in [0.1, 0.15) is 40.5 Å². The summed E-state index contributed by atoms with van der Waals surface area (Å²) in [4.78, 5) is 20.1.